The highest BCUT2D eigenvalue weighted by molar-refractivity contribution is 6.12. The van der Waals surface area contributed by atoms with Crippen LogP contribution < -0.4 is 9.80 Å². The van der Waals surface area contributed by atoms with E-state index in [4.69, 9.17) is 6.42 Å². The van der Waals surface area contributed by atoms with Gasteiger partial charge >= 0.3 is 0 Å². The molecule has 10 aromatic rings. The van der Waals surface area contributed by atoms with Gasteiger partial charge in [0, 0.05) is 67.8 Å². The van der Waals surface area contributed by atoms with Gasteiger partial charge in [0.25, 0.3) is 0 Å². The van der Waals surface area contributed by atoms with Crippen LogP contribution in [0.2, 0.25) is 0 Å². The monoisotopic (exact) mass is 870 g/mol. The molecule has 0 saturated carbocycles. The van der Waals surface area contributed by atoms with Gasteiger partial charge in [-0.05, 0) is 152 Å². The Hall–Kier alpha value is -8.66. The lowest BCUT2D eigenvalue weighted by molar-refractivity contribution is 0.587. The Bertz CT molecular complexity index is 3660. The van der Waals surface area contributed by atoms with Crippen LogP contribution in [-0.2, 0) is 0 Å². The summed E-state index contributed by atoms with van der Waals surface area (Å²) in [4.78, 5) is 4.40. The number of allylic oxidation sites excluding steroid dienone is 8. The number of para-hydroxylation sites is 4. The normalized spacial score (nSPS) is 13.2. The minimum absolute atomic E-state index is 0.0816. The molecule has 0 spiro atoms. The molecule has 0 bridgehead atoms. The molecular formula is C61H44F2N4. The minimum Gasteiger partial charge on any atom is -0.313 e. The molecule has 0 unspecified atom stereocenters. The van der Waals surface area contributed by atoms with Crippen molar-refractivity contribution in [2.24, 2.45) is 0 Å². The van der Waals surface area contributed by atoms with Gasteiger partial charge < -0.3 is 18.9 Å². The Balaban J connectivity index is 0.949. The second kappa shape index (κ2) is 17.4. The smallest absolute Gasteiger partial charge is 0.123 e. The van der Waals surface area contributed by atoms with Crippen LogP contribution in [0.3, 0.4) is 0 Å². The van der Waals surface area contributed by atoms with Gasteiger partial charge in [-0.3, -0.25) is 0 Å². The van der Waals surface area contributed by atoms with E-state index in [1.54, 1.807) is 6.08 Å². The van der Waals surface area contributed by atoms with Crippen LogP contribution >= 0.6 is 0 Å². The average Bonchev–Trinajstić information content (AvgIpc) is 3.89. The predicted molar refractivity (Wildman–Crippen MR) is 277 cm³/mol. The van der Waals surface area contributed by atoms with Gasteiger partial charge in [-0.2, -0.15) is 0 Å². The van der Waals surface area contributed by atoms with E-state index >= 15 is 0 Å². The summed E-state index contributed by atoms with van der Waals surface area (Å²) in [6.45, 7) is 2.10. The predicted octanol–water partition coefficient (Wildman–Crippen LogP) is 16.7. The Morgan fingerprint density at radius 2 is 1.04 bits per heavy atom. The zero-order valence-electron chi connectivity index (χ0n) is 36.8. The number of aromatic nitrogens is 2. The molecule has 4 nitrogen and oxygen atoms in total. The first kappa shape index (κ1) is 41.1. The van der Waals surface area contributed by atoms with Gasteiger partial charge in [0.05, 0.1) is 27.8 Å². The number of terminal acetylenes is 1. The molecule has 0 fully saturated rings. The first-order chi connectivity index (χ1) is 32.9. The molecule has 0 N–H and O–H groups in total. The molecule has 0 saturated heterocycles. The highest BCUT2D eigenvalue weighted by Gasteiger charge is 2.21. The van der Waals surface area contributed by atoms with E-state index in [0.717, 1.165) is 94.6 Å². The van der Waals surface area contributed by atoms with E-state index in [1.165, 1.54) is 12.1 Å². The molecule has 1 aliphatic carbocycles. The van der Waals surface area contributed by atoms with E-state index in [9.17, 15) is 8.78 Å². The Morgan fingerprint density at radius 3 is 1.69 bits per heavy atom. The maximum absolute atomic E-state index is 14.1. The average molecular weight is 871 g/mol. The van der Waals surface area contributed by atoms with Crippen molar-refractivity contribution in [2.75, 3.05) is 9.80 Å². The van der Waals surface area contributed by atoms with Crippen LogP contribution in [0.25, 0.3) is 60.6 Å². The van der Waals surface area contributed by atoms with Crippen molar-refractivity contribution in [2.45, 2.75) is 19.8 Å². The SMILES string of the molecule is C#C/C(=C\C=C(/C)c1ccc(N(c2ccccc2)c2ccc3c(c2)c2ccccc2n3C2=CC=C(F)CC2)cc1)N(c1ccccc1)c1ccc2c(c1)c1ccccc1n2-c1ccc(F)cc1. The Kier molecular flexibility index (Phi) is 10.7. The molecule has 0 radical (unpaired) electrons. The summed E-state index contributed by atoms with van der Waals surface area (Å²) in [6, 6.07) is 65.7. The molecule has 2 heterocycles. The standard InChI is InChI=1S/C61H44F2N4/c1-3-46(64(47-14-6-4-7-15-47)52-36-38-60-56(40-52)54-18-10-12-20-58(54)66(60)50-32-25-44(62)26-33-50)29-22-42(2)43-23-30-49(31-24-43)65(48-16-8-5-9-17-48)53-37-39-61-57(41-53)55-19-11-13-21-59(55)67(61)51-34-27-45(63)28-35-51/h1,4-27,29-34,36-41H,28,35H2,2H3/b42-22+,46-29+. The van der Waals surface area contributed by atoms with Crippen LogP contribution in [-0.4, -0.2) is 9.13 Å². The maximum Gasteiger partial charge on any atom is 0.123 e. The lowest BCUT2D eigenvalue weighted by Gasteiger charge is -2.26. The number of nitrogens with zero attached hydrogens (tertiary/aromatic N) is 4. The minimum atomic E-state index is -0.271. The maximum atomic E-state index is 14.1. The lowest BCUT2D eigenvalue weighted by atomic mass is 10.0. The third kappa shape index (κ3) is 7.57. The van der Waals surface area contributed by atoms with Crippen molar-refractivity contribution in [3.63, 3.8) is 0 Å². The fourth-order valence-electron chi connectivity index (χ4n) is 9.55. The molecule has 0 aliphatic heterocycles. The van der Waals surface area contributed by atoms with Crippen LogP contribution in [0.15, 0.2) is 230 Å². The Morgan fingerprint density at radius 1 is 0.507 bits per heavy atom. The molecule has 67 heavy (non-hydrogen) atoms. The van der Waals surface area contributed by atoms with E-state index in [1.807, 2.05) is 60.7 Å². The van der Waals surface area contributed by atoms with Crippen molar-refractivity contribution in [3.05, 3.63) is 241 Å². The van der Waals surface area contributed by atoms with Crippen LogP contribution in [0.4, 0.5) is 37.2 Å². The molecule has 0 atom stereocenters. The zero-order chi connectivity index (χ0) is 45.4. The second-order valence-corrected chi connectivity index (χ2v) is 16.8. The van der Waals surface area contributed by atoms with Gasteiger partial charge in [-0.15, -0.1) is 6.42 Å². The van der Waals surface area contributed by atoms with E-state index in [0.29, 0.717) is 18.5 Å². The largest absolute Gasteiger partial charge is 0.313 e. The fourth-order valence-corrected chi connectivity index (χ4v) is 9.55. The Labute approximate surface area is 388 Å². The number of rotatable bonds is 10. The summed E-state index contributed by atoms with van der Waals surface area (Å²) in [5, 5.41) is 4.44. The molecule has 6 heteroatoms. The van der Waals surface area contributed by atoms with Gasteiger partial charge in [0.1, 0.15) is 11.6 Å². The zero-order valence-corrected chi connectivity index (χ0v) is 36.8. The third-order valence-corrected chi connectivity index (χ3v) is 12.8. The van der Waals surface area contributed by atoms with Crippen LogP contribution in [0, 0.1) is 18.2 Å². The van der Waals surface area contributed by atoms with Crippen LogP contribution in [0.1, 0.15) is 25.3 Å². The van der Waals surface area contributed by atoms with Gasteiger partial charge in [0.2, 0.25) is 0 Å². The number of hydrogen-bond donors (Lipinski definition) is 0. The fraction of sp³-hybridized carbons (Fsp3) is 0.0492. The van der Waals surface area contributed by atoms with Crippen molar-refractivity contribution in [1.82, 2.24) is 9.13 Å². The summed E-state index contributed by atoms with van der Waals surface area (Å²) in [6.07, 6.45) is 15.0. The molecule has 11 rings (SSSR count). The molecular weight excluding hydrogens is 827 g/mol. The number of anilines is 5. The molecule has 2 aromatic heterocycles. The number of halogens is 2. The van der Waals surface area contributed by atoms with Crippen molar-refractivity contribution < 1.29 is 8.78 Å². The van der Waals surface area contributed by atoms with E-state index < -0.39 is 0 Å². The van der Waals surface area contributed by atoms with Crippen LogP contribution in [0.5, 0.6) is 0 Å². The van der Waals surface area contributed by atoms with E-state index in [-0.39, 0.29) is 11.6 Å². The molecule has 8 aromatic carbocycles. The second-order valence-electron chi connectivity index (χ2n) is 16.8. The third-order valence-electron chi connectivity index (χ3n) is 12.8. The van der Waals surface area contributed by atoms with Crippen molar-refractivity contribution in [3.8, 4) is 18.0 Å². The quantitative estimate of drug-likeness (QED) is 0.101. The summed E-state index contributed by atoms with van der Waals surface area (Å²) in [7, 11) is 0. The summed E-state index contributed by atoms with van der Waals surface area (Å²) in [5.41, 5.74) is 14.0. The summed E-state index contributed by atoms with van der Waals surface area (Å²) in [5.74, 6) is 2.65. The first-order valence-corrected chi connectivity index (χ1v) is 22.5. The lowest BCUT2D eigenvalue weighted by Crippen LogP contribution is -2.15. The highest BCUT2D eigenvalue weighted by atomic mass is 19.1. The van der Waals surface area contributed by atoms with Gasteiger partial charge in [0.15, 0.2) is 0 Å². The molecule has 0 amide bonds. The van der Waals surface area contributed by atoms with E-state index in [2.05, 4.69) is 171 Å². The summed E-state index contributed by atoms with van der Waals surface area (Å²) < 4.78 is 32.6. The van der Waals surface area contributed by atoms with Gasteiger partial charge in [-0.1, -0.05) is 96.9 Å². The topological polar surface area (TPSA) is 16.3 Å². The summed E-state index contributed by atoms with van der Waals surface area (Å²) >= 11 is 0. The number of hydrogen-bond acceptors (Lipinski definition) is 2. The van der Waals surface area contributed by atoms with Crippen molar-refractivity contribution in [1.29, 1.82) is 0 Å². The first-order valence-electron chi connectivity index (χ1n) is 22.5. The van der Waals surface area contributed by atoms with Gasteiger partial charge in [-0.25, -0.2) is 8.78 Å². The number of benzene rings is 8. The number of fused-ring (bicyclic) bond motifs is 6. The highest BCUT2D eigenvalue weighted by Crippen LogP contribution is 2.42. The molecule has 1 aliphatic rings. The van der Waals surface area contributed by atoms with Crippen molar-refractivity contribution >= 4 is 83.3 Å². The molecule has 322 valence electrons.